The van der Waals surface area contributed by atoms with Gasteiger partial charge in [-0.2, -0.15) is 0 Å². The van der Waals surface area contributed by atoms with E-state index in [-0.39, 0.29) is 12.0 Å². The Morgan fingerprint density at radius 2 is 2.06 bits per heavy atom. The second-order valence-electron chi connectivity index (χ2n) is 4.14. The van der Waals surface area contributed by atoms with Crippen LogP contribution in [0.25, 0.3) is 12.2 Å². The Balaban J connectivity index is 2.59. The van der Waals surface area contributed by atoms with E-state index in [9.17, 15) is 8.78 Å². The summed E-state index contributed by atoms with van der Waals surface area (Å²) in [5, 5.41) is 1.67. The molecule has 0 N–H and O–H groups in total. The van der Waals surface area contributed by atoms with Gasteiger partial charge in [0.25, 0.3) is 5.92 Å². The molecule has 16 heavy (non-hydrogen) atoms. The fourth-order valence-electron chi connectivity index (χ4n) is 1.78. The van der Waals surface area contributed by atoms with E-state index in [1.54, 1.807) is 12.2 Å². The fraction of sp³-hybridized carbons (Fsp3) is 0.417. The molecule has 1 heterocycles. The molecule has 0 amide bonds. The van der Waals surface area contributed by atoms with Crippen molar-refractivity contribution in [3.8, 4) is 0 Å². The number of nitrogens with zero attached hydrogens (tertiary/aromatic N) is 2. The van der Waals surface area contributed by atoms with Crippen LogP contribution in [-0.4, -0.2) is 15.5 Å². The summed E-state index contributed by atoms with van der Waals surface area (Å²) in [6.07, 6.45) is 5.23. The number of imidazole rings is 1. The van der Waals surface area contributed by atoms with Gasteiger partial charge in [-0.15, -0.1) is 0 Å². The first-order chi connectivity index (χ1) is 7.39. The van der Waals surface area contributed by atoms with Gasteiger partial charge in [-0.3, -0.25) is 0 Å². The Bertz CT molecular complexity index is 559. The average Bonchev–Trinajstić information content (AvgIpc) is 2.39. The first-order valence-electron chi connectivity index (χ1n) is 5.18. The van der Waals surface area contributed by atoms with Crippen LogP contribution in [0, 0.1) is 6.92 Å². The van der Waals surface area contributed by atoms with E-state index in [0.717, 1.165) is 23.4 Å². The normalized spacial score (nSPS) is 15.7. The molecule has 0 saturated heterocycles. The maximum Gasteiger partial charge on any atom is 0.267 e. The number of halogens is 2. The third-order valence-electron chi connectivity index (χ3n) is 2.91. The van der Waals surface area contributed by atoms with Crippen LogP contribution in [0.15, 0.2) is 11.6 Å². The summed E-state index contributed by atoms with van der Waals surface area (Å²) >= 11 is 0. The Kier molecular flexibility index (Phi) is 2.45. The fourth-order valence-corrected chi connectivity index (χ4v) is 1.78. The quantitative estimate of drug-likeness (QED) is 0.702. The van der Waals surface area contributed by atoms with Gasteiger partial charge >= 0.3 is 0 Å². The number of alkyl halides is 2. The van der Waals surface area contributed by atoms with E-state index in [4.69, 9.17) is 0 Å². The van der Waals surface area contributed by atoms with Crippen molar-refractivity contribution in [3.63, 3.8) is 0 Å². The molecule has 86 valence electrons. The van der Waals surface area contributed by atoms with Gasteiger partial charge in [0.1, 0.15) is 5.82 Å². The topological polar surface area (TPSA) is 17.8 Å². The minimum atomic E-state index is -2.76. The molecule has 0 fully saturated rings. The molecule has 1 aromatic rings. The molecule has 1 aromatic heterocycles. The molecule has 2 rings (SSSR count). The van der Waals surface area contributed by atoms with Crippen molar-refractivity contribution in [3.05, 3.63) is 28.2 Å². The van der Waals surface area contributed by atoms with Crippen molar-refractivity contribution in [2.75, 3.05) is 0 Å². The first-order valence-corrected chi connectivity index (χ1v) is 5.18. The molecule has 1 aliphatic rings. The zero-order valence-electron chi connectivity index (χ0n) is 9.59. The number of fused-ring (bicyclic) bond motifs is 1. The first kappa shape index (κ1) is 11.0. The van der Waals surface area contributed by atoms with Crippen LogP contribution in [0.3, 0.4) is 0 Å². The van der Waals surface area contributed by atoms with Gasteiger partial charge in [0.15, 0.2) is 0 Å². The van der Waals surface area contributed by atoms with Gasteiger partial charge in [0.2, 0.25) is 0 Å². The molecule has 1 aliphatic carbocycles. The molecule has 0 aromatic carbocycles. The van der Waals surface area contributed by atoms with Crippen LogP contribution in [-0.2, 0) is 7.05 Å². The molecule has 0 bridgehead atoms. The van der Waals surface area contributed by atoms with E-state index >= 15 is 0 Å². The lowest BCUT2D eigenvalue weighted by Gasteiger charge is -2.12. The summed E-state index contributed by atoms with van der Waals surface area (Å²) in [7, 11) is 1.88. The smallest absolute Gasteiger partial charge is 0.267 e. The second kappa shape index (κ2) is 3.54. The van der Waals surface area contributed by atoms with E-state index in [1.807, 2.05) is 18.5 Å². The van der Waals surface area contributed by atoms with Crippen LogP contribution in [0.1, 0.15) is 19.2 Å². The monoisotopic (exact) mass is 224 g/mol. The Hall–Kier alpha value is -1.45. The molecule has 0 atom stereocenters. The summed E-state index contributed by atoms with van der Waals surface area (Å²) in [5.41, 5.74) is 0.128. The van der Waals surface area contributed by atoms with E-state index in [0.29, 0.717) is 0 Å². The minimum Gasteiger partial charge on any atom is -0.331 e. The van der Waals surface area contributed by atoms with Crippen LogP contribution < -0.4 is 10.7 Å². The van der Waals surface area contributed by atoms with Gasteiger partial charge in [-0.25, -0.2) is 13.8 Å². The number of hydrogen-bond acceptors (Lipinski definition) is 1. The van der Waals surface area contributed by atoms with Gasteiger partial charge in [0.05, 0.1) is 10.7 Å². The molecule has 4 heteroatoms. The molecule has 0 radical (unpaired) electrons. The minimum absolute atomic E-state index is 0.128. The SMILES string of the molecule is Cc1nc2c(n1C)=CC=C(C(C)(F)F)CC=2. The van der Waals surface area contributed by atoms with Crippen molar-refractivity contribution in [2.45, 2.75) is 26.2 Å². The maximum atomic E-state index is 13.2. The van der Waals surface area contributed by atoms with Crippen molar-refractivity contribution >= 4 is 12.2 Å². The number of aromatic nitrogens is 2. The van der Waals surface area contributed by atoms with Gasteiger partial charge in [-0.1, -0.05) is 12.2 Å². The number of rotatable bonds is 1. The predicted molar refractivity (Wildman–Crippen MR) is 59.4 cm³/mol. The van der Waals surface area contributed by atoms with Crippen molar-refractivity contribution in [1.82, 2.24) is 9.55 Å². The zero-order chi connectivity index (χ0) is 11.9. The Morgan fingerprint density at radius 3 is 2.69 bits per heavy atom. The highest BCUT2D eigenvalue weighted by molar-refractivity contribution is 5.47. The lowest BCUT2D eigenvalue weighted by atomic mass is 10.1. The summed E-state index contributed by atoms with van der Waals surface area (Å²) in [6.45, 7) is 2.82. The number of allylic oxidation sites excluding steroid dienone is 2. The standard InChI is InChI=1S/C12H14F2N2/c1-8-15-10-6-4-9(12(2,13)14)5-7-11(10)16(8)3/h5-7H,4H2,1-3H3. The van der Waals surface area contributed by atoms with Gasteiger partial charge < -0.3 is 4.57 Å². The van der Waals surface area contributed by atoms with Crippen LogP contribution in [0.4, 0.5) is 8.78 Å². The highest BCUT2D eigenvalue weighted by Gasteiger charge is 2.26. The van der Waals surface area contributed by atoms with Crippen molar-refractivity contribution in [2.24, 2.45) is 7.05 Å². The van der Waals surface area contributed by atoms with Crippen LogP contribution in [0.5, 0.6) is 0 Å². The Morgan fingerprint density at radius 1 is 1.38 bits per heavy atom. The molecule has 0 saturated carbocycles. The molecule has 0 spiro atoms. The Labute approximate surface area is 92.6 Å². The van der Waals surface area contributed by atoms with E-state index in [1.165, 1.54) is 6.08 Å². The number of aryl methyl sites for hydroxylation is 1. The third-order valence-corrected chi connectivity index (χ3v) is 2.91. The molecular weight excluding hydrogens is 210 g/mol. The molecule has 2 nitrogen and oxygen atoms in total. The average molecular weight is 224 g/mol. The predicted octanol–water partition coefficient (Wildman–Crippen LogP) is 1.27. The summed E-state index contributed by atoms with van der Waals surface area (Å²) < 4.78 is 28.2. The zero-order valence-corrected chi connectivity index (χ0v) is 9.59. The largest absolute Gasteiger partial charge is 0.331 e. The van der Waals surface area contributed by atoms with Crippen LogP contribution in [0.2, 0.25) is 0 Å². The van der Waals surface area contributed by atoms with Gasteiger partial charge in [0, 0.05) is 19.5 Å². The maximum absolute atomic E-state index is 13.2. The summed E-state index contributed by atoms with van der Waals surface area (Å²) in [6, 6.07) is 0. The van der Waals surface area contributed by atoms with Crippen molar-refractivity contribution in [1.29, 1.82) is 0 Å². The molecule has 0 aliphatic heterocycles. The van der Waals surface area contributed by atoms with E-state index in [2.05, 4.69) is 4.98 Å². The summed E-state index contributed by atoms with van der Waals surface area (Å²) in [4.78, 5) is 4.33. The third kappa shape index (κ3) is 1.79. The lowest BCUT2D eigenvalue weighted by molar-refractivity contribution is 0.0619. The van der Waals surface area contributed by atoms with E-state index < -0.39 is 5.92 Å². The second-order valence-corrected chi connectivity index (χ2v) is 4.14. The van der Waals surface area contributed by atoms with Gasteiger partial charge in [-0.05, 0) is 19.4 Å². The van der Waals surface area contributed by atoms with Crippen molar-refractivity contribution < 1.29 is 8.78 Å². The van der Waals surface area contributed by atoms with Crippen LogP contribution >= 0.6 is 0 Å². The molecular formula is C12H14F2N2. The number of hydrogen-bond donors (Lipinski definition) is 0. The lowest BCUT2D eigenvalue weighted by Crippen LogP contribution is -2.28. The highest BCUT2D eigenvalue weighted by atomic mass is 19.3. The highest BCUT2D eigenvalue weighted by Crippen LogP contribution is 2.26. The summed E-state index contributed by atoms with van der Waals surface area (Å²) in [5.74, 6) is -1.87. The molecule has 0 unspecified atom stereocenters.